The predicted molar refractivity (Wildman–Crippen MR) is 67.7 cm³/mol. The van der Waals surface area contributed by atoms with E-state index in [1.54, 1.807) is 6.20 Å². The molecule has 0 radical (unpaired) electrons. The van der Waals surface area contributed by atoms with E-state index in [0.717, 1.165) is 32.1 Å². The largest absolute Gasteiger partial charge is 0.396 e. The van der Waals surface area contributed by atoms with Gasteiger partial charge in [0.15, 0.2) is 0 Å². The average molecular weight is 252 g/mol. The van der Waals surface area contributed by atoms with Crippen LogP contribution in [0, 0.1) is 0 Å². The minimum atomic E-state index is -0.431. The maximum absolute atomic E-state index is 11.8. The van der Waals surface area contributed by atoms with Crippen LogP contribution in [0.25, 0.3) is 0 Å². The van der Waals surface area contributed by atoms with E-state index in [2.05, 4.69) is 10.4 Å². The summed E-state index contributed by atoms with van der Waals surface area (Å²) in [5, 5.41) is 16.7. The molecule has 0 bridgehead atoms. The minimum Gasteiger partial charge on any atom is -0.396 e. The summed E-state index contributed by atoms with van der Waals surface area (Å²) in [6.45, 7) is 0.139. The maximum atomic E-state index is 11.8. The van der Waals surface area contributed by atoms with Crippen LogP contribution in [0.5, 0.6) is 0 Å². The third-order valence-corrected chi connectivity index (χ3v) is 3.28. The second-order valence-electron chi connectivity index (χ2n) is 4.85. The molecule has 0 saturated heterocycles. The van der Waals surface area contributed by atoms with Crippen molar-refractivity contribution in [2.45, 2.75) is 50.8 Å². The quantitative estimate of drug-likeness (QED) is 0.673. The van der Waals surface area contributed by atoms with Gasteiger partial charge in [-0.25, -0.2) is 0 Å². The second-order valence-corrected chi connectivity index (χ2v) is 4.85. The van der Waals surface area contributed by atoms with E-state index in [4.69, 9.17) is 5.73 Å². The first-order chi connectivity index (χ1) is 8.65. The normalized spacial score (nSPS) is 24.5. The zero-order valence-corrected chi connectivity index (χ0v) is 10.4. The van der Waals surface area contributed by atoms with Crippen molar-refractivity contribution in [2.24, 2.45) is 0 Å². The van der Waals surface area contributed by atoms with E-state index in [0.29, 0.717) is 5.69 Å². The van der Waals surface area contributed by atoms with E-state index in [1.165, 1.54) is 10.9 Å². The Morgan fingerprint density at radius 2 is 2.28 bits per heavy atom. The number of nitrogens with zero attached hydrogens (tertiary/aromatic N) is 2. The number of anilines is 1. The molecule has 100 valence electrons. The van der Waals surface area contributed by atoms with Crippen molar-refractivity contribution < 1.29 is 9.90 Å². The van der Waals surface area contributed by atoms with Crippen LogP contribution in [0.1, 0.15) is 32.1 Å². The van der Waals surface area contributed by atoms with Crippen LogP contribution in [0.15, 0.2) is 12.4 Å². The summed E-state index contributed by atoms with van der Waals surface area (Å²) in [4.78, 5) is 11.8. The van der Waals surface area contributed by atoms with Crippen LogP contribution in [0.4, 0.5) is 5.69 Å². The molecule has 4 N–H and O–H groups in total. The Morgan fingerprint density at radius 3 is 3.00 bits per heavy atom. The highest BCUT2D eigenvalue weighted by Gasteiger charge is 2.23. The van der Waals surface area contributed by atoms with Gasteiger partial charge in [-0.1, -0.05) is 19.3 Å². The van der Waals surface area contributed by atoms with Crippen LogP contribution in [-0.2, 0) is 11.3 Å². The first-order valence-corrected chi connectivity index (χ1v) is 6.40. The van der Waals surface area contributed by atoms with Gasteiger partial charge in [0.1, 0.15) is 6.54 Å². The topological polar surface area (TPSA) is 93.2 Å². The first-order valence-electron chi connectivity index (χ1n) is 6.40. The smallest absolute Gasteiger partial charge is 0.242 e. The summed E-state index contributed by atoms with van der Waals surface area (Å²) in [5.74, 6) is -0.135. The van der Waals surface area contributed by atoms with E-state index >= 15 is 0 Å². The highest BCUT2D eigenvalue weighted by molar-refractivity contribution is 5.76. The number of aromatic nitrogens is 2. The molecular weight excluding hydrogens is 232 g/mol. The second kappa shape index (κ2) is 5.86. The Bertz CT molecular complexity index is 405. The Morgan fingerprint density at radius 1 is 1.50 bits per heavy atom. The fourth-order valence-corrected chi connectivity index (χ4v) is 2.32. The van der Waals surface area contributed by atoms with Gasteiger partial charge in [-0.2, -0.15) is 5.10 Å². The highest BCUT2D eigenvalue weighted by atomic mass is 16.3. The summed E-state index contributed by atoms with van der Waals surface area (Å²) in [7, 11) is 0. The molecule has 18 heavy (non-hydrogen) atoms. The van der Waals surface area contributed by atoms with Gasteiger partial charge in [-0.3, -0.25) is 9.48 Å². The Kier molecular flexibility index (Phi) is 4.19. The van der Waals surface area contributed by atoms with E-state index in [1.807, 2.05) is 0 Å². The Labute approximate surface area is 106 Å². The lowest BCUT2D eigenvalue weighted by Gasteiger charge is -2.21. The van der Waals surface area contributed by atoms with Gasteiger partial charge in [-0.05, 0) is 12.8 Å². The number of carbonyl (C=O) groups is 1. The lowest BCUT2D eigenvalue weighted by molar-refractivity contribution is -0.123. The van der Waals surface area contributed by atoms with Gasteiger partial charge in [0.05, 0.1) is 24.0 Å². The number of rotatable bonds is 3. The lowest BCUT2D eigenvalue weighted by atomic mass is 10.1. The number of nitrogen functional groups attached to an aromatic ring is 1. The maximum Gasteiger partial charge on any atom is 0.242 e. The lowest BCUT2D eigenvalue weighted by Crippen LogP contribution is -2.44. The third-order valence-electron chi connectivity index (χ3n) is 3.28. The first kappa shape index (κ1) is 12.9. The molecule has 1 aliphatic rings. The number of nitrogens with two attached hydrogens (primary N) is 1. The van der Waals surface area contributed by atoms with Gasteiger partial charge in [0.2, 0.25) is 5.91 Å². The number of hydrogen-bond donors (Lipinski definition) is 3. The summed E-state index contributed by atoms with van der Waals surface area (Å²) in [6.07, 6.45) is 7.50. The van der Waals surface area contributed by atoms with Crippen molar-refractivity contribution in [1.82, 2.24) is 15.1 Å². The van der Waals surface area contributed by atoms with Crippen molar-refractivity contribution in [3.05, 3.63) is 12.4 Å². The van der Waals surface area contributed by atoms with Gasteiger partial charge in [0, 0.05) is 6.20 Å². The molecule has 0 aromatic carbocycles. The predicted octanol–water partition coefficient (Wildman–Crippen LogP) is 0.275. The molecule has 6 nitrogen and oxygen atoms in total. The zero-order chi connectivity index (χ0) is 13.0. The average Bonchev–Trinajstić information content (AvgIpc) is 2.61. The van der Waals surface area contributed by atoms with Crippen molar-refractivity contribution >= 4 is 11.6 Å². The molecule has 2 unspecified atom stereocenters. The molecule has 1 saturated carbocycles. The van der Waals surface area contributed by atoms with E-state index in [-0.39, 0.29) is 18.5 Å². The summed E-state index contributed by atoms with van der Waals surface area (Å²) < 4.78 is 1.49. The van der Waals surface area contributed by atoms with Gasteiger partial charge in [-0.15, -0.1) is 0 Å². The Balaban J connectivity index is 1.86. The minimum absolute atomic E-state index is 0.132. The van der Waals surface area contributed by atoms with Gasteiger partial charge < -0.3 is 16.2 Å². The van der Waals surface area contributed by atoms with Crippen molar-refractivity contribution in [2.75, 3.05) is 5.73 Å². The number of nitrogens with one attached hydrogen (secondary N) is 1. The molecule has 0 spiro atoms. The summed E-state index contributed by atoms with van der Waals surface area (Å²) in [5.41, 5.74) is 6.07. The Hall–Kier alpha value is -1.56. The number of amides is 1. The van der Waals surface area contributed by atoms with Crippen molar-refractivity contribution in [1.29, 1.82) is 0 Å². The van der Waals surface area contributed by atoms with E-state index < -0.39 is 6.10 Å². The van der Waals surface area contributed by atoms with E-state index in [9.17, 15) is 9.90 Å². The number of hydrogen-bond acceptors (Lipinski definition) is 4. The van der Waals surface area contributed by atoms with Crippen molar-refractivity contribution in [3.63, 3.8) is 0 Å². The molecule has 2 atom stereocenters. The monoisotopic (exact) mass is 252 g/mol. The zero-order valence-electron chi connectivity index (χ0n) is 10.4. The molecule has 0 aliphatic heterocycles. The van der Waals surface area contributed by atoms with Crippen molar-refractivity contribution in [3.8, 4) is 0 Å². The standard InChI is InChI=1S/C12H20N4O2/c13-9-6-14-16(7-9)8-12(18)15-10-4-2-1-3-5-11(10)17/h6-7,10-11,17H,1-5,8,13H2,(H,15,18). The fourth-order valence-electron chi connectivity index (χ4n) is 2.32. The van der Waals surface area contributed by atoms with Gasteiger partial charge >= 0.3 is 0 Å². The van der Waals surface area contributed by atoms with Crippen LogP contribution in [-0.4, -0.2) is 32.9 Å². The molecule has 1 heterocycles. The molecule has 6 heteroatoms. The molecular formula is C12H20N4O2. The molecule has 1 aliphatic carbocycles. The summed E-state index contributed by atoms with van der Waals surface area (Å²) in [6, 6.07) is -0.132. The molecule has 1 amide bonds. The molecule has 2 rings (SSSR count). The van der Waals surface area contributed by atoms with Gasteiger partial charge in [0.25, 0.3) is 0 Å². The number of aliphatic hydroxyl groups is 1. The molecule has 1 aromatic rings. The van der Waals surface area contributed by atoms with Crippen LogP contribution in [0.3, 0.4) is 0 Å². The van der Waals surface area contributed by atoms with Crippen LogP contribution in [0.2, 0.25) is 0 Å². The molecule has 1 fully saturated rings. The van der Waals surface area contributed by atoms with Crippen LogP contribution < -0.4 is 11.1 Å². The third kappa shape index (κ3) is 3.46. The van der Waals surface area contributed by atoms with Crippen LogP contribution >= 0.6 is 0 Å². The SMILES string of the molecule is Nc1cnn(CC(=O)NC2CCCCCC2O)c1. The highest BCUT2D eigenvalue weighted by Crippen LogP contribution is 2.17. The fraction of sp³-hybridized carbons (Fsp3) is 0.667. The molecule has 1 aromatic heterocycles. The number of carbonyl (C=O) groups excluding carboxylic acids is 1. The number of aliphatic hydroxyl groups excluding tert-OH is 1. The summed E-state index contributed by atoms with van der Waals surface area (Å²) >= 11 is 0.